The van der Waals surface area contributed by atoms with Crippen LogP contribution in [0.4, 0.5) is 24.5 Å². The average Bonchev–Trinajstić information content (AvgIpc) is 2.60. The Balaban J connectivity index is 2.10. The predicted molar refractivity (Wildman–Crippen MR) is 99.9 cm³/mol. The fraction of sp³-hybridized carbons (Fsp3) is 0.222. The van der Waals surface area contributed by atoms with Crippen LogP contribution in [0, 0.1) is 0 Å². The molecule has 0 fully saturated rings. The van der Waals surface area contributed by atoms with Crippen molar-refractivity contribution in [3.05, 3.63) is 59.7 Å². The smallest absolute Gasteiger partial charge is 0.416 e. The van der Waals surface area contributed by atoms with Crippen molar-refractivity contribution in [1.29, 1.82) is 0 Å². The number of hydrogen-bond donors (Lipinski definition) is 2. The van der Waals surface area contributed by atoms with Crippen LogP contribution in [-0.2, 0) is 25.7 Å². The first-order valence-electron chi connectivity index (χ1n) is 8.13. The highest BCUT2D eigenvalue weighted by molar-refractivity contribution is 7.92. The van der Waals surface area contributed by atoms with Gasteiger partial charge in [-0.1, -0.05) is 18.2 Å². The number of ether oxygens (including phenoxy) is 1. The van der Waals surface area contributed by atoms with E-state index in [1.807, 2.05) is 0 Å². The molecule has 0 saturated carbocycles. The van der Waals surface area contributed by atoms with E-state index in [9.17, 15) is 31.2 Å². The Morgan fingerprint density at radius 2 is 1.72 bits per heavy atom. The highest BCUT2D eigenvalue weighted by Gasteiger charge is 2.30. The molecule has 2 aromatic carbocycles. The van der Waals surface area contributed by atoms with Gasteiger partial charge < -0.3 is 10.1 Å². The van der Waals surface area contributed by atoms with E-state index in [0.29, 0.717) is 0 Å². The second-order valence-corrected chi connectivity index (χ2v) is 7.78. The number of para-hydroxylation sites is 1. The zero-order valence-electron chi connectivity index (χ0n) is 15.3. The standard InChI is InChI=1S/C18H17F3N2O5S/c1-11(16(24)22-13-7-5-6-12(10-13)18(19,20)21)28-17(25)14-8-3-4-9-15(14)23-29(2,26)27/h3-11,23H,1-2H3,(H,22,24). The van der Waals surface area contributed by atoms with E-state index in [1.165, 1.54) is 37.3 Å². The molecule has 0 aliphatic rings. The van der Waals surface area contributed by atoms with Crippen molar-refractivity contribution in [3.8, 4) is 0 Å². The maximum Gasteiger partial charge on any atom is 0.416 e. The Morgan fingerprint density at radius 3 is 2.34 bits per heavy atom. The van der Waals surface area contributed by atoms with E-state index in [0.717, 1.165) is 24.5 Å². The molecular formula is C18H17F3N2O5S. The molecule has 0 aliphatic heterocycles. The van der Waals surface area contributed by atoms with Gasteiger partial charge in [-0.15, -0.1) is 0 Å². The van der Waals surface area contributed by atoms with E-state index >= 15 is 0 Å². The summed E-state index contributed by atoms with van der Waals surface area (Å²) in [5.41, 5.74) is -1.23. The Morgan fingerprint density at radius 1 is 1.07 bits per heavy atom. The minimum atomic E-state index is -4.57. The van der Waals surface area contributed by atoms with Gasteiger partial charge in [0.2, 0.25) is 10.0 Å². The van der Waals surface area contributed by atoms with Crippen molar-refractivity contribution in [3.63, 3.8) is 0 Å². The highest BCUT2D eigenvalue weighted by atomic mass is 32.2. The number of halogens is 3. The Hall–Kier alpha value is -3.08. The molecule has 2 N–H and O–H groups in total. The summed E-state index contributed by atoms with van der Waals surface area (Å²) in [6.07, 6.45) is -5.03. The van der Waals surface area contributed by atoms with Gasteiger partial charge in [0.25, 0.3) is 5.91 Å². The molecule has 0 radical (unpaired) electrons. The minimum absolute atomic E-state index is 0.0366. The summed E-state index contributed by atoms with van der Waals surface area (Å²) in [4.78, 5) is 24.5. The first-order chi connectivity index (χ1) is 13.4. The molecule has 11 heteroatoms. The third kappa shape index (κ3) is 6.49. The van der Waals surface area contributed by atoms with Crippen LogP contribution in [0.1, 0.15) is 22.8 Å². The molecule has 0 heterocycles. The van der Waals surface area contributed by atoms with Crippen molar-refractivity contribution in [1.82, 2.24) is 0 Å². The molecule has 1 unspecified atom stereocenters. The van der Waals surface area contributed by atoms with Crippen LogP contribution >= 0.6 is 0 Å². The Labute approximate surface area is 164 Å². The third-order valence-corrected chi connectivity index (χ3v) is 4.14. The lowest BCUT2D eigenvalue weighted by molar-refractivity contribution is -0.137. The van der Waals surface area contributed by atoms with Crippen LogP contribution in [-0.4, -0.2) is 32.7 Å². The minimum Gasteiger partial charge on any atom is -0.449 e. The number of sulfonamides is 1. The van der Waals surface area contributed by atoms with Crippen molar-refractivity contribution in [2.45, 2.75) is 19.2 Å². The lowest BCUT2D eigenvalue weighted by Gasteiger charge is -2.16. The van der Waals surface area contributed by atoms with Crippen LogP contribution in [0.3, 0.4) is 0 Å². The van der Waals surface area contributed by atoms with E-state index in [4.69, 9.17) is 4.74 Å². The summed E-state index contributed by atoms with van der Waals surface area (Å²) in [5, 5.41) is 2.24. The molecule has 7 nitrogen and oxygen atoms in total. The van der Waals surface area contributed by atoms with E-state index in [1.54, 1.807) is 0 Å². The number of esters is 1. The lowest BCUT2D eigenvalue weighted by Crippen LogP contribution is -2.30. The van der Waals surface area contributed by atoms with Gasteiger partial charge >= 0.3 is 12.1 Å². The number of carbonyl (C=O) groups is 2. The number of rotatable bonds is 6. The van der Waals surface area contributed by atoms with E-state index in [-0.39, 0.29) is 16.9 Å². The molecular weight excluding hydrogens is 413 g/mol. The molecule has 2 rings (SSSR count). The number of amides is 1. The molecule has 29 heavy (non-hydrogen) atoms. The molecule has 1 amide bonds. The van der Waals surface area contributed by atoms with Gasteiger partial charge in [-0.2, -0.15) is 13.2 Å². The van der Waals surface area contributed by atoms with Crippen LogP contribution in [0.15, 0.2) is 48.5 Å². The van der Waals surface area contributed by atoms with Crippen LogP contribution in [0.2, 0.25) is 0 Å². The van der Waals surface area contributed by atoms with Gasteiger partial charge in [0, 0.05) is 5.69 Å². The van der Waals surface area contributed by atoms with Crippen molar-refractivity contribution >= 4 is 33.3 Å². The van der Waals surface area contributed by atoms with Gasteiger partial charge in [0.05, 0.1) is 23.1 Å². The molecule has 0 bridgehead atoms. The van der Waals surface area contributed by atoms with Crippen LogP contribution < -0.4 is 10.0 Å². The number of anilines is 2. The zero-order valence-corrected chi connectivity index (χ0v) is 16.1. The first kappa shape index (κ1) is 22.2. The summed E-state index contributed by atoms with van der Waals surface area (Å²) in [6.45, 7) is 1.23. The second-order valence-electron chi connectivity index (χ2n) is 6.04. The first-order valence-corrected chi connectivity index (χ1v) is 10.0. The largest absolute Gasteiger partial charge is 0.449 e. The summed E-state index contributed by atoms with van der Waals surface area (Å²) in [7, 11) is -3.66. The summed E-state index contributed by atoms with van der Waals surface area (Å²) < 4.78 is 68.2. The van der Waals surface area contributed by atoms with Crippen LogP contribution in [0.25, 0.3) is 0 Å². The molecule has 0 aromatic heterocycles. The summed E-state index contributed by atoms with van der Waals surface area (Å²) in [6, 6.07) is 9.58. The molecule has 2 aromatic rings. The Kier molecular flexibility index (Phi) is 6.52. The maximum atomic E-state index is 12.7. The number of carbonyl (C=O) groups excluding carboxylic acids is 2. The predicted octanol–water partition coefficient (Wildman–Crippen LogP) is 3.26. The topological polar surface area (TPSA) is 102 Å². The summed E-state index contributed by atoms with van der Waals surface area (Å²) in [5.74, 6) is -1.84. The average molecular weight is 430 g/mol. The number of alkyl halides is 3. The zero-order chi connectivity index (χ0) is 21.8. The molecule has 156 valence electrons. The number of hydrogen-bond acceptors (Lipinski definition) is 5. The van der Waals surface area contributed by atoms with Gasteiger partial charge in [-0.25, -0.2) is 13.2 Å². The third-order valence-electron chi connectivity index (χ3n) is 3.55. The quantitative estimate of drug-likeness (QED) is 0.685. The lowest BCUT2D eigenvalue weighted by atomic mass is 10.2. The normalized spacial score (nSPS) is 12.7. The van der Waals surface area contributed by atoms with Gasteiger partial charge in [-0.3, -0.25) is 9.52 Å². The van der Waals surface area contributed by atoms with Crippen molar-refractivity contribution in [2.75, 3.05) is 16.3 Å². The van der Waals surface area contributed by atoms with Crippen molar-refractivity contribution < 1.29 is 35.9 Å². The SMILES string of the molecule is CC(OC(=O)c1ccccc1NS(C)(=O)=O)C(=O)Nc1cccc(C(F)(F)F)c1. The molecule has 0 saturated heterocycles. The van der Waals surface area contributed by atoms with Gasteiger partial charge in [0.15, 0.2) is 6.10 Å². The Bertz CT molecular complexity index is 1020. The molecule has 0 aliphatic carbocycles. The number of nitrogens with one attached hydrogen (secondary N) is 2. The fourth-order valence-electron chi connectivity index (χ4n) is 2.24. The maximum absolute atomic E-state index is 12.7. The van der Waals surface area contributed by atoms with Crippen LogP contribution in [0.5, 0.6) is 0 Å². The van der Waals surface area contributed by atoms with Gasteiger partial charge in [0.1, 0.15) is 0 Å². The second kappa shape index (κ2) is 8.52. The molecule has 0 spiro atoms. The fourth-order valence-corrected chi connectivity index (χ4v) is 2.82. The number of benzene rings is 2. The summed E-state index contributed by atoms with van der Waals surface area (Å²) >= 11 is 0. The van der Waals surface area contributed by atoms with E-state index < -0.39 is 39.7 Å². The van der Waals surface area contributed by atoms with Crippen molar-refractivity contribution in [2.24, 2.45) is 0 Å². The highest BCUT2D eigenvalue weighted by Crippen LogP contribution is 2.30. The molecule has 1 atom stereocenters. The van der Waals surface area contributed by atoms with Gasteiger partial charge in [-0.05, 0) is 37.3 Å². The van der Waals surface area contributed by atoms with E-state index in [2.05, 4.69) is 10.0 Å². The monoisotopic (exact) mass is 430 g/mol.